The van der Waals surface area contributed by atoms with Crippen molar-refractivity contribution in [3.63, 3.8) is 0 Å². The molecule has 2 aliphatic heterocycles. The summed E-state index contributed by atoms with van der Waals surface area (Å²) < 4.78 is 31.0. The first-order chi connectivity index (χ1) is 8.91. The molecule has 2 N–H and O–H groups in total. The Bertz CT molecular complexity index is 387. The predicted molar refractivity (Wildman–Crippen MR) is 72.4 cm³/mol. The Kier molecular flexibility index (Phi) is 4.84. The second-order valence-electron chi connectivity index (χ2n) is 5.66. The maximum atomic E-state index is 12.2. The topological polar surface area (TPSA) is 78.9 Å². The quantitative estimate of drug-likeness (QED) is 0.717. The molecular formula is C12H24N2O4S. The van der Waals surface area contributed by atoms with Crippen LogP contribution in [0.25, 0.3) is 0 Å². The molecule has 0 aromatic rings. The number of nitrogens with zero attached hydrogens (tertiary/aromatic N) is 1. The fourth-order valence-corrected chi connectivity index (χ4v) is 4.19. The van der Waals surface area contributed by atoms with E-state index in [2.05, 4.69) is 5.32 Å². The van der Waals surface area contributed by atoms with Crippen LogP contribution in [0.4, 0.5) is 0 Å². The van der Waals surface area contributed by atoms with Gasteiger partial charge in [-0.3, -0.25) is 0 Å². The lowest BCUT2D eigenvalue weighted by Gasteiger charge is -2.35. The van der Waals surface area contributed by atoms with Crippen LogP contribution in [0.1, 0.15) is 25.7 Å². The van der Waals surface area contributed by atoms with Crippen molar-refractivity contribution in [2.45, 2.75) is 37.3 Å². The maximum absolute atomic E-state index is 12.2. The molecule has 0 aromatic heterocycles. The van der Waals surface area contributed by atoms with E-state index in [1.807, 2.05) is 0 Å². The Morgan fingerprint density at radius 1 is 1.42 bits per heavy atom. The Hall–Kier alpha value is -0.210. The van der Waals surface area contributed by atoms with Gasteiger partial charge in [0.25, 0.3) is 0 Å². The molecule has 6 nitrogen and oxygen atoms in total. The number of nitrogens with one attached hydrogen (secondary N) is 1. The van der Waals surface area contributed by atoms with Crippen molar-refractivity contribution in [1.29, 1.82) is 0 Å². The molecule has 0 bridgehead atoms. The van der Waals surface area contributed by atoms with Crippen LogP contribution in [0, 0.1) is 0 Å². The number of rotatable bonds is 5. The lowest BCUT2D eigenvalue weighted by Crippen LogP contribution is -2.49. The van der Waals surface area contributed by atoms with E-state index in [0.29, 0.717) is 26.1 Å². The summed E-state index contributed by atoms with van der Waals surface area (Å²) in [6.07, 6.45) is 2.93. The molecule has 1 unspecified atom stereocenters. The number of ether oxygens (including phenoxy) is 1. The van der Waals surface area contributed by atoms with Gasteiger partial charge in [-0.2, -0.15) is 0 Å². The van der Waals surface area contributed by atoms with Gasteiger partial charge in [-0.15, -0.1) is 0 Å². The third kappa shape index (κ3) is 4.13. The Morgan fingerprint density at radius 3 is 2.68 bits per heavy atom. The fraction of sp³-hybridized carbons (Fsp3) is 1.00. The molecule has 19 heavy (non-hydrogen) atoms. The first-order valence-electron chi connectivity index (χ1n) is 6.89. The Morgan fingerprint density at radius 2 is 2.11 bits per heavy atom. The Balaban J connectivity index is 1.91. The summed E-state index contributed by atoms with van der Waals surface area (Å²) in [7, 11) is -1.76. The predicted octanol–water partition coefficient (Wildman–Crippen LogP) is -0.458. The fourth-order valence-electron chi connectivity index (χ4n) is 2.70. The number of likely N-dealkylation sites (N-methyl/N-ethyl adjacent to an activating group) is 1. The van der Waals surface area contributed by atoms with E-state index < -0.39 is 15.6 Å². The van der Waals surface area contributed by atoms with Crippen LogP contribution < -0.4 is 5.32 Å². The van der Waals surface area contributed by atoms with E-state index in [1.165, 1.54) is 4.31 Å². The highest BCUT2D eigenvalue weighted by molar-refractivity contribution is 7.89. The minimum absolute atomic E-state index is 0.0526. The van der Waals surface area contributed by atoms with Crippen LogP contribution >= 0.6 is 0 Å². The molecule has 2 rings (SSSR count). The molecule has 2 fully saturated rings. The largest absolute Gasteiger partial charge is 0.388 e. The summed E-state index contributed by atoms with van der Waals surface area (Å²) in [5.74, 6) is 0.121. The van der Waals surface area contributed by atoms with Gasteiger partial charge in [-0.1, -0.05) is 0 Å². The molecule has 0 spiro atoms. The van der Waals surface area contributed by atoms with Crippen molar-refractivity contribution in [1.82, 2.24) is 9.62 Å². The molecular weight excluding hydrogens is 268 g/mol. The zero-order valence-corrected chi connectivity index (χ0v) is 12.3. The number of aliphatic hydroxyl groups is 1. The lowest BCUT2D eigenvalue weighted by atomic mass is 9.95. The average molecular weight is 292 g/mol. The van der Waals surface area contributed by atoms with Crippen LogP contribution in [0.2, 0.25) is 0 Å². The van der Waals surface area contributed by atoms with Gasteiger partial charge < -0.3 is 15.2 Å². The molecule has 2 aliphatic rings. The average Bonchev–Trinajstić information content (AvgIpc) is 2.81. The maximum Gasteiger partial charge on any atom is 0.215 e. The summed E-state index contributed by atoms with van der Waals surface area (Å²) in [6.45, 7) is 2.04. The van der Waals surface area contributed by atoms with Gasteiger partial charge in [0.05, 0.1) is 11.4 Å². The van der Waals surface area contributed by atoms with Crippen molar-refractivity contribution >= 4 is 10.0 Å². The van der Waals surface area contributed by atoms with E-state index in [4.69, 9.17) is 4.74 Å². The van der Waals surface area contributed by atoms with Gasteiger partial charge in [0, 0.05) is 45.7 Å². The highest BCUT2D eigenvalue weighted by Crippen LogP contribution is 2.22. The van der Waals surface area contributed by atoms with Gasteiger partial charge in [0.1, 0.15) is 0 Å². The number of hydrogen-bond acceptors (Lipinski definition) is 5. The molecule has 0 saturated carbocycles. The molecule has 1 atom stereocenters. The zero-order valence-electron chi connectivity index (χ0n) is 11.5. The van der Waals surface area contributed by atoms with E-state index >= 15 is 0 Å². The molecule has 0 aromatic carbocycles. The van der Waals surface area contributed by atoms with Gasteiger partial charge in [-0.05, 0) is 19.4 Å². The van der Waals surface area contributed by atoms with Crippen LogP contribution in [-0.4, -0.2) is 68.6 Å². The molecule has 2 saturated heterocycles. The molecule has 0 aliphatic carbocycles. The van der Waals surface area contributed by atoms with Gasteiger partial charge in [0.2, 0.25) is 10.0 Å². The van der Waals surface area contributed by atoms with E-state index in [9.17, 15) is 13.5 Å². The van der Waals surface area contributed by atoms with E-state index in [1.54, 1.807) is 7.05 Å². The molecule has 0 amide bonds. The standard InChI is InChI=1S/C12H24N2O4S/c1-14(10-12(15)4-7-18-8-5-12)19(16,17)9-11-3-2-6-13-11/h11,13,15H,2-10H2,1H3. The molecule has 7 heteroatoms. The van der Waals surface area contributed by atoms with Crippen molar-refractivity contribution in [3.8, 4) is 0 Å². The van der Waals surface area contributed by atoms with Gasteiger partial charge in [0.15, 0.2) is 0 Å². The van der Waals surface area contributed by atoms with Crippen molar-refractivity contribution in [2.24, 2.45) is 0 Å². The highest BCUT2D eigenvalue weighted by Gasteiger charge is 2.35. The highest BCUT2D eigenvalue weighted by atomic mass is 32.2. The normalized spacial score (nSPS) is 27.8. The second-order valence-corrected chi connectivity index (χ2v) is 7.79. The van der Waals surface area contributed by atoms with Crippen LogP contribution in [-0.2, 0) is 14.8 Å². The van der Waals surface area contributed by atoms with E-state index in [0.717, 1.165) is 19.4 Å². The van der Waals surface area contributed by atoms with Crippen molar-refractivity contribution in [3.05, 3.63) is 0 Å². The summed E-state index contributed by atoms with van der Waals surface area (Å²) in [5.41, 5.74) is -0.941. The summed E-state index contributed by atoms with van der Waals surface area (Å²) in [6, 6.07) is 0.0526. The van der Waals surface area contributed by atoms with Crippen molar-refractivity contribution in [2.75, 3.05) is 39.1 Å². The number of hydrogen-bond donors (Lipinski definition) is 2. The monoisotopic (exact) mass is 292 g/mol. The van der Waals surface area contributed by atoms with Gasteiger partial charge >= 0.3 is 0 Å². The summed E-state index contributed by atoms with van der Waals surface area (Å²) >= 11 is 0. The van der Waals surface area contributed by atoms with Crippen molar-refractivity contribution < 1.29 is 18.3 Å². The third-order valence-corrected chi connectivity index (χ3v) is 5.89. The van der Waals surface area contributed by atoms with Gasteiger partial charge in [-0.25, -0.2) is 12.7 Å². The summed E-state index contributed by atoms with van der Waals surface area (Å²) in [5, 5.41) is 13.6. The third-order valence-electron chi connectivity index (χ3n) is 3.99. The van der Waals surface area contributed by atoms with Crippen LogP contribution in [0.5, 0.6) is 0 Å². The van der Waals surface area contributed by atoms with Crippen LogP contribution in [0.3, 0.4) is 0 Å². The van der Waals surface area contributed by atoms with E-state index in [-0.39, 0.29) is 18.3 Å². The first-order valence-corrected chi connectivity index (χ1v) is 8.50. The summed E-state index contributed by atoms with van der Waals surface area (Å²) in [4.78, 5) is 0. The van der Waals surface area contributed by atoms with Crippen LogP contribution in [0.15, 0.2) is 0 Å². The lowest BCUT2D eigenvalue weighted by molar-refractivity contribution is -0.0689. The number of sulfonamides is 1. The Labute approximate surface area is 115 Å². The minimum Gasteiger partial charge on any atom is -0.388 e. The first kappa shape index (κ1) is 15.2. The molecule has 112 valence electrons. The molecule has 2 heterocycles. The smallest absolute Gasteiger partial charge is 0.215 e. The SMILES string of the molecule is CN(CC1(O)CCOCC1)S(=O)(=O)CC1CCCN1. The minimum atomic E-state index is -3.31. The second kappa shape index (κ2) is 6.05. The zero-order chi connectivity index (χ0) is 13.9. The molecule has 0 radical (unpaired) electrons.